The third-order valence-corrected chi connectivity index (χ3v) is 4.26. The molecule has 25 heavy (non-hydrogen) atoms. The number of thioether (sulfide) groups is 1. The summed E-state index contributed by atoms with van der Waals surface area (Å²) in [6, 6.07) is 10.2. The highest BCUT2D eigenvalue weighted by Gasteiger charge is 2.32. The molecule has 0 bridgehead atoms. The summed E-state index contributed by atoms with van der Waals surface area (Å²) in [7, 11) is 0. The van der Waals surface area contributed by atoms with E-state index in [1.165, 1.54) is 0 Å². The number of benzene rings is 1. The first kappa shape index (κ1) is 19.2. The van der Waals surface area contributed by atoms with Crippen molar-refractivity contribution in [2.45, 2.75) is 31.2 Å². The molecule has 0 fully saturated rings. The van der Waals surface area contributed by atoms with Crippen LogP contribution in [0.15, 0.2) is 47.8 Å². The molecule has 8 heteroatoms. The minimum absolute atomic E-state index is 0.0582. The lowest BCUT2D eigenvalue weighted by Crippen LogP contribution is -2.33. The molecular formula is C17H18F3N3OS. The van der Waals surface area contributed by atoms with E-state index in [4.69, 9.17) is 0 Å². The topological polar surface area (TPSA) is 54.9 Å². The number of amides is 1. The summed E-state index contributed by atoms with van der Waals surface area (Å²) in [4.78, 5) is 19.4. The molecule has 0 aliphatic rings. The van der Waals surface area contributed by atoms with Crippen molar-refractivity contribution >= 4 is 17.7 Å². The van der Waals surface area contributed by atoms with Crippen molar-refractivity contribution in [3.05, 3.63) is 53.9 Å². The average molecular weight is 369 g/mol. The second kappa shape index (κ2) is 8.33. The van der Waals surface area contributed by atoms with Gasteiger partial charge in [0.05, 0.1) is 11.8 Å². The van der Waals surface area contributed by atoms with Crippen LogP contribution in [0.2, 0.25) is 0 Å². The third kappa shape index (κ3) is 5.74. The van der Waals surface area contributed by atoms with Gasteiger partial charge in [-0.3, -0.25) is 4.79 Å². The zero-order valence-electron chi connectivity index (χ0n) is 13.7. The second-order valence-electron chi connectivity index (χ2n) is 5.71. The smallest absolute Gasteiger partial charge is 0.348 e. The van der Waals surface area contributed by atoms with Crippen LogP contribution >= 0.6 is 11.8 Å². The first-order chi connectivity index (χ1) is 11.8. The van der Waals surface area contributed by atoms with Crippen molar-refractivity contribution < 1.29 is 18.0 Å². The van der Waals surface area contributed by atoms with Gasteiger partial charge in [-0.2, -0.15) is 13.2 Å². The van der Waals surface area contributed by atoms with Crippen molar-refractivity contribution in [2.24, 2.45) is 5.92 Å². The Hall–Kier alpha value is -2.09. The van der Waals surface area contributed by atoms with E-state index in [0.29, 0.717) is 0 Å². The maximum atomic E-state index is 12.6. The molecule has 0 aliphatic carbocycles. The molecule has 1 atom stereocenters. The summed E-state index contributed by atoms with van der Waals surface area (Å²) in [6.07, 6.45) is -3.49. The summed E-state index contributed by atoms with van der Waals surface area (Å²) >= 11 is 0.873. The largest absolute Gasteiger partial charge is 0.433 e. The molecule has 1 N–H and O–H groups in total. The Labute approximate surface area is 148 Å². The monoisotopic (exact) mass is 369 g/mol. The highest BCUT2D eigenvalue weighted by molar-refractivity contribution is 7.99. The standard InChI is InChI=1S/C17H18F3N3OS/c1-11(2)15(12-6-4-3-5-7-12)23-14(24)10-25-16-21-9-8-13(22-16)17(18,19)20/h3-9,11,15H,10H2,1-2H3,(H,23,24). The van der Waals surface area contributed by atoms with E-state index < -0.39 is 11.9 Å². The molecule has 1 aromatic heterocycles. The van der Waals surface area contributed by atoms with Crippen LogP contribution in [0.4, 0.5) is 13.2 Å². The average Bonchev–Trinajstić information content (AvgIpc) is 2.58. The molecule has 1 heterocycles. The summed E-state index contributed by atoms with van der Waals surface area (Å²) < 4.78 is 37.9. The first-order valence-electron chi connectivity index (χ1n) is 7.64. The van der Waals surface area contributed by atoms with Crippen LogP contribution in [0.5, 0.6) is 0 Å². The Balaban J connectivity index is 1.98. The van der Waals surface area contributed by atoms with Gasteiger partial charge in [-0.1, -0.05) is 55.9 Å². The van der Waals surface area contributed by atoms with Gasteiger partial charge in [0.2, 0.25) is 5.91 Å². The number of aromatic nitrogens is 2. The molecule has 1 unspecified atom stereocenters. The fourth-order valence-corrected chi connectivity index (χ4v) is 2.85. The predicted octanol–water partition coefficient (Wildman–Crippen LogP) is 4.10. The molecule has 4 nitrogen and oxygen atoms in total. The van der Waals surface area contributed by atoms with Gasteiger partial charge >= 0.3 is 6.18 Å². The van der Waals surface area contributed by atoms with Crippen LogP contribution in [0.1, 0.15) is 31.1 Å². The Morgan fingerprint density at radius 2 is 1.88 bits per heavy atom. The minimum Gasteiger partial charge on any atom is -0.348 e. The lowest BCUT2D eigenvalue weighted by atomic mass is 9.96. The molecule has 0 radical (unpaired) electrons. The maximum absolute atomic E-state index is 12.6. The van der Waals surface area contributed by atoms with Gasteiger partial charge in [0.1, 0.15) is 5.69 Å². The van der Waals surface area contributed by atoms with Crippen LogP contribution in [0, 0.1) is 5.92 Å². The molecule has 1 aromatic carbocycles. The first-order valence-corrected chi connectivity index (χ1v) is 8.63. The van der Waals surface area contributed by atoms with Gasteiger partial charge in [-0.05, 0) is 17.5 Å². The second-order valence-corrected chi connectivity index (χ2v) is 6.65. The van der Waals surface area contributed by atoms with E-state index in [-0.39, 0.29) is 28.8 Å². The van der Waals surface area contributed by atoms with E-state index in [2.05, 4.69) is 15.3 Å². The van der Waals surface area contributed by atoms with E-state index in [0.717, 1.165) is 29.6 Å². The van der Waals surface area contributed by atoms with Crippen molar-refractivity contribution in [3.63, 3.8) is 0 Å². The molecule has 134 valence electrons. The van der Waals surface area contributed by atoms with Crippen LogP contribution in [-0.2, 0) is 11.0 Å². The number of hydrogen-bond acceptors (Lipinski definition) is 4. The van der Waals surface area contributed by atoms with Crippen LogP contribution in [0.25, 0.3) is 0 Å². The zero-order valence-corrected chi connectivity index (χ0v) is 14.6. The Morgan fingerprint density at radius 1 is 1.20 bits per heavy atom. The summed E-state index contributed by atoms with van der Waals surface area (Å²) in [6.45, 7) is 3.97. The molecule has 0 saturated carbocycles. The van der Waals surface area contributed by atoms with Crippen LogP contribution in [0.3, 0.4) is 0 Å². The number of carbonyl (C=O) groups excluding carboxylic acids is 1. The summed E-state index contributed by atoms with van der Waals surface area (Å²) in [5.74, 6) is -0.174. The van der Waals surface area contributed by atoms with Gasteiger partial charge in [0.15, 0.2) is 5.16 Å². The molecule has 0 spiro atoms. The lowest BCUT2D eigenvalue weighted by Gasteiger charge is -2.22. The number of rotatable bonds is 6. The van der Waals surface area contributed by atoms with E-state index in [1.54, 1.807) is 0 Å². The fourth-order valence-electron chi connectivity index (χ4n) is 2.21. The summed E-state index contributed by atoms with van der Waals surface area (Å²) in [5.41, 5.74) is -0.0408. The molecule has 0 saturated heterocycles. The molecule has 2 aromatic rings. The number of nitrogens with one attached hydrogen (secondary N) is 1. The predicted molar refractivity (Wildman–Crippen MR) is 89.9 cm³/mol. The quantitative estimate of drug-likeness (QED) is 0.615. The minimum atomic E-state index is -4.53. The maximum Gasteiger partial charge on any atom is 0.433 e. The van der Waals surface area contributed by atoms with Crippen molar-refractivity contribution in [1.29, 1.82) is 0 Å². The number of halogens is 3. The SMILES string of the molecule is CC(C)C(NC(=O)CSc1nccc(C(F)(F)F)n1)c1ccccc1. The Morgan fingerprint density at radius 3 is 2.48 bits per heavy atom. The molecular weight excluding hydrogens is 351 g/mol. The van der Waals surface area contributed by atoms with Gasteiger partial charge in [0, 0.05) is 6.20 Å². The number of hydrogen-bond donors (Lipinski definition) is 1. The van der Waals surface area contributed by atoms with Gasteiger partial charge in [-0.25, -0.2) is 9.97 Å². The van der Waals surface area contributed by atoms with Crippen molar-refractivity contribution in [2.75, 3.05) is 5.75 Å². The third-order valence-electron chi connectivity index (χ3n) is 3.40. The number of carbonyl (C=O) groups is 1. The summed E-state index contributed by atoms with van der Waals surface area (Å²) in [5, 5.41) is 2.83. The van der Waals surface area contributed by atoms with Crippen molar-refractivity contribution in [3.8, 4) is 0 Å². The highest BCUT2D eigenvalue weighted by Crippen LogP contribution is 2.28. The van der Waals surface area contributed by atoms with Gasteiger partial charge < -0.3 is 5.32 Å². The van der Waals surface area contributed by atoms with Gasteiger partial charge in [0.25, 0.3) is 0 Å². The normalized spacial score (nSPS) is 12.9. The van der Waals surface area contributed by atoms with E-state index in [9.17, 15) is 18.0 Å². The van der Waals surface area contributed by atoms with E-state index in [1.807, 2.05) is 44.2 Å². The van der Waals surface area contributed by atoms with Crippen LogP contribution in [-0.4, -0.2) is 21.6 Å². The number of alkyl halides is 3. The molecule has 1 amide bonds. The highest BCUT2D eigenvalue weighted by atomic mass is 32.2. The molecule has 0 aliphatic heterocycles. The van der Waals surface area contributed by atoms with Gasteiger partial charge in [-0.15, -0.1) is 0 Å². The number of nitrogens with zero attached hydrogens (tertiary/aromatic N) is 2. The Bertz CT molecular complexity index is 708. The Kier molecular flexibility index (Phi) is 6.41. The van der Waals surface area contributed by atoms with Crippen molar-refractivity contribution in [1.82, 2.24) is 15.3 Å². The zero-order chi connectivity index (χ0) is 18.4. The fraction of sp³-hybridized carbons (Fsp3) is 0.353. The van der Waals surface area contributed by atoms with E-state index >= 15 is 0 Å². The lowest BCUT2D eigenvalue weighted by molar-refractivity contribution is -0.141. The molecule has 2 rings (SSSR count). The van der Waals surface area contributed by atoms with Crippen LogP contribution < -0.4 is 5.32 Å².